The van der Waals surface area contributed by atoms with Crippen LogP contribution in [0.15, 0.2) is 42.7 Å². The summed E-state index contributed by atoms with van der Waals surface area (Å²) in [5.74, 6) is -0.458. The number of nitrogen functional groups attached to an aromatic ring is 1. The van der Waals surface area contributed by atoms with Crippen molar-refractivity contribution in [1.82, 2.24) is 10.3 Å². The summed E-state index contributed by atoms with van der Waals surface area (Å²) in [6, 6.07) is 7.08. The number of nitro benzene ring substituents is 1. The molecule has 0 bridgehead atoms. The second-order valence-corrected chi connectivity index (χ2v) is 4.50. The second kappa shape index (κ2) is 6.00. The summed E-state index contributed by atoms with van der Waals surface area (Å²) in [7, 11) is 0. The number of non-ortho nitro benzene ring substituents is 1. The normalized spacial score (nSPS) is 11.7. The van der Waals surface area contributed by atoms with E-state index in [1.165, 1.54) is 18.2 Å². The van der Waals surface area contributed by atoms with Gasteiger partial charge in [-0.05, 0) is 30.7 Å². The number of amides is 1. The molecule has 1 amide bonds. The quantitative estimate of drug-likeness (QED) is 0.507. The zero-order valence-corrected chi connectivity index (χ0v) is 11.3. The average Bonchev–Trinajstić information content (AvgIpc) is 2.48. The Kier molecular flexibility index (Phi) is 4.13. The van der Waals surface area contributed by atoms with Gasteiger partial charge in [0.1, 0.15) is 0 Å². The van der Waals surface area contributed by atoms with Crippen LogP contribution in [0.4, 0.5) is 11.4 Å². The Balaban J connectivity index is 2.21. The van der Waals surface area contributed by atoms with Crippen molar-refractivity contribution in [1.29, 1.82) is 0 Å². The van der Waals surface area contributed by atoms with Crippen LogP contribution >= 0.6 is 0 Å². The summed E-state index contributed by atoms with van der Waals surface area (Å²) in [4.78, 5) is 26.3. The van der Waals surface area contributed by atoms with Gasteiger partial charge in [-0.2, -0.15) is 0 Å². The lowest BCUT2D eigenvalue weighted by Gasteiger charge is -2.14. The highest BCUT2D eigenvalue weighted by Gasteiger charge is 2.17. The zero-order valence-electron chi connectivity index (χ0n) is 11.3. The largest absolute Gasteiger partial charge is 0.398 e. The van der Waals surface area contributed by atoms with Crippen LogP contribution in [0.3, 0.4) is 0 Å². The molecular formula is C14H14N4O3. The standard InChI is InChI=1S/C14H14N4O3/c1-9(10-4-6-16-7-5-10)17-14(19)12-8-11(18(20)21)2-3-13(12)15/h2-9H,15H2,1H3,(H,17,19). The van der Waals surface area contributed by atoms with Crippen LogP contribution < -0.4 is 11.1 Å². The van der Waals surface area contributed by atoms with Gasteiger partial charge in [-0.15, -0.1) is 0 Å². The molecule has 1 aromatic heterocycles. The molecule has 1 unspecified atom stereocenters. The van der Waals surface area contributed by atoms with E-state index in [4.69, 9.17) is 5.73 Å². The Hall–Kier alpha value is -2.96. The number of carbonyl (C=O) groups is 1. The van der Waals surface area contributed by atoms with Gasteiger partial charge in [-0.1, -0.05) is 0 Å². The molecule has 0 aliphatic rings. The van der Waals surface area contributed by atoms with Crippen molar-refractivity contribution in [3.63, 3.8) is 0 Å². The lowest BCUT2D eigenvalue weighted by Crippen LogP contribution is -2.27. The highest BCUT2D eigenvalue weighted by molar-refractivity contribution is 6.00. The van der Waals surface area contributed by atoms with Gasteiger partial charge in [0.2, 0.25) is 0 Å². The van der Waals surface area contributed by atoms with Crippen molar-refractivity contribution in [2.24, 2.45) is 0 Å². The van der Waals surface area contributed by atoms with Crippen LogP contribution in [-0.4, -0.2) is 15.8 Å². The molecule has 1 aromatic carbocycles. The minimum absolute atomic E-state index is 0.0881. The van der Waals surface area contributed by atoms with E-state index in [1.807, 2.05) is 0 Å². The van der Waals surface area contributed by atoms with Crippen molar-refractivity contribution in [3.05, 3.63) is 64.0 Å². The Morgan fingerprint density at radius 2 is 2.00 bits per heavy atom. The molecule has 2 aromatic rings. The summed E-state index contributed by atoms with van der Waals surface area (Å²) in [6.45, 7) is 1.81. The molecule has 1 atom stereocenters. The summed E-state index contributed by atoms with van der Waals surface area (Å²) in [5, 5.41) is 13.5. The van der Waals surface area contributed by atoms with Gasteiger partial charge in [-0.25, -0.2) is 0 Å². The minimum Gasteiger partial charge on any atom is -0.398 e. The molecule has 7 heteroatoms. The maximum atomic E-state index is 12.2. The Morgan fingerprint density at radius 1 is 1.33 bits per heavy atom. The average molecular weight is 286 g/mol. The van der Waals surface area contributed by atoms with Crippen molar-refractivity contribution in [2.45, 2.75) is 13.0 Å². The zero-order chi connectivity index (χ0) is 15.4. The third kappa shape index (κ3) is 3.33. The molecule has 0 aliphatic carbocycles. The van der Waals surface area contributed by atoms with Gasteiger partial charge >= 0.3 is 0 Å². The highest BCUT2D eigenvalue weighted by atomic mass is 16.6. The highest BCUT2D eigenvalue weighted by Crippen LogP contribution is 2.20. The molecule has 7 nitrogen and oxygen atoms in total. The Bertz CT molecular complexity index is 673. The third-order valence-corrected chi connectivity index (χ3v) is 3.05. The van der Waals surface area contributed by atoms with E-state index in [9.17, 15) is 14.9 Å². The SMILES string of the molecule is CC(NC(=O)c1cc([N+](=O)[O-])ccc1N)c1ccncc1. The number of aromatic nitrogens is 1. The van der Waals surface area contributed by atoms with E-state index in [2.05, 4.69) is 10.3 Å². The van der Waals surface area contributed by atoms with E-state index in [1.54, 1.807) is 31.5 Å². The fourth-order valence-electron chi connectivity index (χ4n) is 1.86. The fourth-order valence-corrected chi connectivity index (χ4v) is 1.86. The molecular weight excluding hydrogens is 272 g/mol. The third-order valence-electron chi connectivity index (χ3n) is 3.05. The summed E-state index contributed by atoms with van der Waals surface area (Å²) >= 11 is 0. The smallest absolute Gasteiger partial charge is 0.270 e. The monoisotopic (exact) mass is 286 g/mol. The van der Waals surface area contributed by atoms with Gasteiger partial charge in [0.05, 0.1) is 16.5 Å². The molecule has 2 rings (SSSR count). The van der Waals surface area contributed by atoms with E-state index in [0.29, 0.717) is 0 Å². The van der Waals surface area contributed by atoms with Gasteiger partial charge in [-0.3, -0.25) is 19.9 Å². The number of carbonyl (C=O) groups excluding carboxylic acids is 1. The Morgan fingerprint density at radius 3 is 2.62 bits per heavy atom. The fraction of sp³-hybridized carbons (Fsp3) is 0.143. The van der Waals surface area contributed by atoms with Crippen LogP contribution in [0.25, 0.3) is 0 Å². The predicted octanol–water partition coefficient (Wildman–Crippen LogP) is 2.06. The van der Waals surface area contributed by atoms with Gasteiger partial charge in [0.25, 0.3) is 11.6 Å². The van der Waals surface area contributed by atoms with Crippen molar-refractivity contribution >= 4 is 17.3 Å². The second-order valence-electron chi connectivity index (χ2n) is 4.50. The lowest BCUT2D eigenvalue weighted by molar-refractivity contribution is -0.384. The molecule has 0 saturated heterocycles. The van der Waals surface area contributed by atoms with Crippen LogP contribution in [0.1, 0.15) is 28.9 Å². The molecule has 108 valence electrons. The topological polar surface area (TPSA) is 111 Å². The number of hydrogen-bond donors (Lipinski definition) is 2. The molecule has 3 N–H and O–H groups in total. The number of benzene rings is 1. The number of nitrogens with two attached hydrogens (primary N) is 1. The number of pyridine rings is 1. The van der Waals surface area contributed by atoms with Gasteiger partial charge in [0.15, 0.2) is 0 Å². The summed E-state index contributed by atoms with van der Waals surface area (Å²) in [6.07, 6.45) is 3.25. The van der Waals surface area contributed by atoms with E-state index in [0.717, 1.165) is 5.56 Å². The van der Waals surface area contributed by atoms with E-state index < -0.39 is 10.8 Å². The first-order chi connectivity index (χ1) is 9.99. The number of anilines is 1. The predicted molar refractivity (Wildman–Crippen MR) is 77.6 cm³/mol. The first-order valence-electron chi connectivity index (χ1n) is 6.23. The van der Waals surface area contributed by atoms with Crippen LogP contribution in [0, 0.1) is 10.1 Å². The number of nitrogens with zero attached hydrogens (tertiary/aromatic N) is 2. The number of nitro groups is 1. The van der Waals surface area contributed by atoms with Gasteiger partial charge in [0, 0.05) is 30.2 Å². The summed E-state index contributed by atoms with van der Waals surface area (Å²) < 4.78 is 0. The molecule has 0 saturated carbocycles. The number of nitrogens with one attached hydrogen (secondary N) is 1. The molecule has 1 heterocycles. The maximum Gasteiger partial charge on any atom is 0.270 e. The van der Waals surface area contributed by atoms with E-state index >= 15 is 0 Å². The molecule has 0 fully saturated rings. The van der Waals surface area contributed by atoms with Crippen molar-refractivity contribution < 1.29 is 9.72 Å². The van der Waals surface area contributed by atoms with Crippen molar-refractivity contribution in [2.75, 3.05) is 5.73 Å². The minimum atomic E-state index is -0.567. The van der Waals surface area contributed by atoms with Gasteiger partial charge < -0.3 is 11.1 Å². The first kappa shape index (κ1) is 14.4. The maximum absolute atomic E-state index is 12.2. The van der Waals surface area contributed by atoms with E-state index in [-0.39, 0.29) is 23.0 Å². The first-order valence-corrected chi connectivity index (χ1v) is 6.23. The van der Waals surface area contributed by atoms with Crippen LogP contribution in [0.2, 0.25) is 0 Å². The Labute approximate surface area is 121 Å². The molecule has 0 radical (unpaired) electrons. The van der Waals surface area contributed by atoms with Crippen LogP contribution in [0.5, 0.6) is 0 Å². The van der Waals surface area contributed by atoms with Crippen molar-refractivity contribution in [3.8, 4) is 0 Å². The lowest BCUT2D eigenvalue weighted by atomic mass is 10.1. The molecule has 0 aliphatic heterocycles. The summed E-state index contributed by atoms with van der Waals surface area (Å²) in [5.41, 5.74) is 6.70. The number of rotatable bonds is 4. The molecule has 21 heavy (non-hydrogen) atoms. The molecule has 0 spiro atoms. The number of hydrogen-bond acceptors (Lipinski definition) is 5. The van der Waals surface area contributed by atoms with Crippen LogP contribution in [-0.2, 0) is 0 Å².